The third-order valence-electron chi connectivity index (χ3n) is 2.24. The van der Waals surface area contributed by atoms with Gasteiger partial charge in [-0.1, -0.05) is 25.4 Å². The van der Waals surface area contributed by atoms with Gasteiger partial charge in [-0.05, 0) is 27.9 Å². The molecule has 0 aliphatic carbocycles. The second-order valence-electron chi connectivity index (χ2n) is 4.53. The van der Waals surface area contributed by atoms with E-state index in [0.29, 0.717) is 21.3 Å². The highest BCUT2D eigenvalue weighted by atomic mass is 79.9. The Balaban J connectivity index is 2.46. The smallest absolute Gasteiger partial charge is 0.250 e. The van der Waals surface area contributed by atoms with E-state index >= 15 is 0 Å². The van der Waals surface area contributed by atoms with E-state index in [4.69, 9.17) is 11.6 Å². The minimum absolute atomic E-state index is 0.0550. The Bertz CT molecular complexity index is 553. The summed E-state index contributed by atoms with van der Waals surface area (Å²) in [6.45, 7) is 4.61. The Labute approximate surface area is 136 Å². The molecule has 0 aliphatic rings. The summed E-state index contributed by atoms with van der Waals surface area (Å²) in [5.74, 6) is 0.188. The molecule has 1 aromatic rings. The fourth-order valence-corrected chi connectivity index (χ4v) is 4.71. The van der Waals surface area contributed by atoms with Crippen molar-refractivity contribution in [2.45, 2.75) is 24.5 Å². The second kappa shape index (κ2) is 7.74. The highest BCUT2D eigenvalue weighted by molar-refractivity contribution is 9.11. The van der Waals surface area contributed by atoms with Gasteiger partial charge in [0.15, 0.2) is 0 Å². The van der Waals surface area contributed by atoms with Crippen molar-refractivity contribution in [3.63, 3.8) is 0 Å². The fourth-order valence-electron chi connectivity index (χ4n) is 1.24. The first-order valence-corrected chi connectivity index (χ1v) is 9.40. The largest absolute Gasteiger partial charge is 0.356 e. The number of amides is 1. The molecule has 1 amide bonds. The maximum Gasteiger partial charge on any atom is 0.250 e. The predicted octanol–water partition coefficient (Wildman–Crippen LogP) is 2.60. The van der Waals surface area contributed by atoms with E-state index in [9.17, 15) is 13.2 Å². The van der Waals surface area contributed by atoms with E-state index in [0.717, 1.165) is 11.3 Å². The Kier molecular flexibility index (Phi) is 6.93. The summed E-state index contributed by atoms with van der Waals surface area (Å²) in [5.41, 5.74) is 0. The molecule has 0 spiro atoms. The summed E-state index contributed by atoms with van der Waals surface area (Å²) in [6.07, 6.45) is 0.103. The molecule has 20 heavy (non-hydrogen) atoms. The van der Waals surface area contributed by atoms with Crippen molar-refractivity contribution in [1.82, 2.24) is 10.0 Å². The van der Waals surface area contributed by atoms with Crippen molar-refractivity contribution in [2.75, 3.05) is 13.1 Å². The van der Waals surface area contributed by atoms with Crippen LogP contribution in [0, 0.1) is 5.92 Å². The summed E-state index contributed by atoms with van der Waals surface area (Å²) in [5, 5.41) is 3.07. The number of rotatable bonds is 7. The number of thiophene rings is 1. The minimum Gasteiger partial charge on any atom is -0.356 e. The van der Waals surface area contributed by atoms with E-state index in [1.165, 1.54) is 6.07 Å². The lowest BCUT2D eigenvalue weighted by molar-refractivity contribution is -0.121. The minimum atomic E-state index is -3.61. The first kappa shape index (κ1) is 17.9. The molecule has 0 unspecified atom stereocenters. The van der Waals surface area contributed by atoms with Crippen LogP contribution in [-0.2, 0) is 14.8 Å². The molecule has 0 atom stereocenters. The molecule has 0 aliphatic heterocycles. The molecular formula is C11H16BrClN2O3S2. The van der Waals surface area contributed by atoms with Crippen LogP contribution in [0.2, 0.25) is 5.02 Å². The van der Waals surface area contributed by atoms with Crippen LogP contribution in [0.4, 0.5) is 0 Å². The van der Waals surface area contributed by atoms with Crippen molar-refractivity contribution in [3.8, 4) is 0 Å². The lowest BCUT2D eigenvalue weighted by Gasteiger charge is -2.08. The van der Waals surface area contributed by atoms with Crippen LogP contribution in [-0.4, -0.2) is 27.4 Å². The van der Waals surface area contributed by atoms with Crippen molar-refractivity contribution in [1.29, 1.82) is 0 Å². The van der Waals surface area contributed by atoms with Crippen molar-refractivity contribution in [2.24, 2.45) is 5.92 Å². The normalized spacial score (nSPS) is 11.8. The second-order valence-corrected chi connectivity index (χ2v) is 9.30. The van der Waals surface area contributed by atoms with Gasteiger partial charge in [0.05, 0.1) is 8.81 Å². The van der Waals surface area contributed by atoms with Crippen LogP contribution in [0.15, 0.2) is 14.1 Å². The van der Waals surface area contributed by atoms with E-state index in [1.807, 2.05) is 13.8 Å². The Morgan fingerprint density at radius 1 is 1.50 bits per heavy atom. The number of halogens is 2. The molecule has 0 aromatic carbocycles. The average molecular weight is 404 g/mol. The van der Waals surface area contributed by atoms with Crippen LogP contribution >= 0.6 is 38.9 Å². The first-order chi connectivity index (χ1) is 9.22. The topological polar surface area (TPSA) is 75.3 Å². The maximum atomic E-state index is 11.9. The number of nitrogens with one attached hydrogen (secondary N) is 2. The van der Waals surface area contributed by atoms with Crippen LogP contribution in [0.25, 0.3) is 0 Å². The molecule has 1 aromatic heterocycles. The molecule has 0 bridgehead atoms. The summed E-state index contributed by atoms with van der Waals surface area (Å²) in [7, 11) is -3.61. The van der Waals surface area contributed by atoms with Crippen molar-refractivity contribution in [3.05, 3.63) is 14.9 Å². The highest BCUT2D eigenvalue weighted by Crippen LogP contribution is 2.34. The summed E-state index contributed by atoms with van der Waals surface area (Å²) >= 11 is 9.99. The first-order valence-electron chi connectivity index (χ1n) is 5.93. The van der Waals surface area contributed by atoms with Gasteiger partial charge >= 0.3 is 0 Å². The quantitative estimate of drug-likeness (QED) is 0.735. The van der Waals surface area contributed by atoms with Crippen LogP contribution < -0.4 is 10.0 Å². The molecule has 5 nitrogen and oxygen atoms in total. The Hall–Kier alpha value is -0.150. The van der Waals surface area contributed by atoms with E-state index in [-0.39, 0.29) is 23.1 Å². The van der Waals surface area contributed by atoms with Gasteiger partial charge in [0.1, 0.15) is 4.21 Å². The zero-order valence-corrected chi connectivity index (χ0v) is 15.0. The third kappa shape index (κ3) is 5.69. The van der Waals surface area contributed by atoms with E-state index in [1.54, 1.807) is 0 Å². The number of carbonyl (C=O) groups excluding carboxylic acids is 1. The zero-order valence-electron chi connectivity index (χ0n) is 11.1. The molecular weight excluding hydrogens is 388 g/mol. The molecule has 114 valence electrons. The van der Waals surface area contributed by atoms with Crippen LogP contribution in [0.1, 0.15) is 20.3 Å². The standard InChI is InChI=1S/C11H16BrClN2O3S2/c1-7(2)6-14-9(16)3-4-15-20(17,18)10-5-8(13)11(12)19-10/h5,7,15H,3-4,6H2,1-2H3,(H,14,16). The van der Waals surface area contributed by atoms with Gasteiger partial charge in [0, 0.05) is 19.5 Å². The van der Waals surface area contributed by atoms with Gasteiger partial charge in [-0.3, -0.25) is 4.79 Å². The van der Waals surface area contributed by atoms with Crippen molar-refractivity contribution >= 4 is 54.8 Å². The number of sulfonamides is 1. The Morgan fingerprint density at radius 2 is 2.15 bits per heavy atom. The average Bonchev–Trinajstić information content (AvgIpc) is 2.68. The summed E-state index contributed by atoms with van der Waals surface area (Å²) in [6, 6.07) is 1.37. The number of hydrogen-bond acceptors (Lipinski definition) is 4. The van der Waals surface area contributed by atoms with Gasteiger partial charge in [0.2, 0.25) is 15.9 Å². The Morgan fingerprint density at radius 3 is 2.65 bits per heavy atom. The SMILES string of the molecule is CC(C)CNC(=O)CCNS(=O)(=O)c1cc(Cl)c(Br)s1. The summed E-state index contributed by atoms with van der Waals surface area (Å²) in [4.78, 5) is 11.5. The zero-order chi connectivity index (χ0) is 15.3. The molecule has 0 saturated carbocycles. The van der Waals surface area contributed by atoms with Gasteiger partial charge in [-0.2, -0.15) is 0 Å². The maximum absolute atomic E-state index is 11.9. The fraction of sp³-hybridized carbons (Fsp3) is 0.545. The third-order valence-corrected chi connectivity index (χ3v) is 6.65. The molecule has 9 heteroatoms. The molecule has 2 N–H and O–H groups in total. The van der Waals surface area contributed by atoms with E-state index < -0.39 is 10.0 Å². The molecule has 0 radical (unpaired) electrons. The molecule has 1 heterocycles. The van der Waals surface area contributed by atoms with Crippen molar-refractivity contribution < 1.29 is 13.2 Å². The number of hydrogen-bond donors (Lipinski definition) is 2. The predicted molar refractivity (Wildman–Crippen MR) is 84.7 cm³/mol. The highest BCUT2D eigenvalue weighted by Gasteiger charge is 2.18. The molecule has 1 rings (SSSR count). The van der Waals surface area contributed by atoms with E-state index in [2.05, 4.69) is 26.0 Å². The lowest BCUT2D eigenvalue weighted by atomic mass is 10.2. The lowest BCUT2D eigenvalue weighted by Crippen LogP contribution is -2.32. The van der Waals surface area contributed by atoms with Gasteiger partial charge in [-0.25, -0.2) is 13.1 Å². The van der Waals surface area contributed by atoms with Gasteiger partial charge in [0.25, 0.3) is 0 Å². The monoisotopic (exact) mass is 402 g/mol. The molecule has 0 fully saturated rings. The van der Waals surface area contributed by atoms with Crippen LogP contribution in [0.3, 0.4) is 0 Å². The van der Waals surface area contributed by atoms with Gasteiger partial charge in [-0.15, -0.1) is 11.3 Å². The van der Waals surface area contributed by atoms with Gasteiger partial charge < -0.3 is 5.32 Å². The van der Waals surface area contributed by atoms with Crippen LogP contribution in [0.5, 0.6) is 0 Å². The summed E-state index contributed by atoms with van der Waals surface area (Å²) < 4.78 is 26.9. The number of carbonyl (C=O) groups is 1. The molecule has 0 saturated heterocycles.